The normalized spacial score (nSPS) is 10.9. The molecule has 3 aromatic carbocycles. The van der Waals surface area contributed by atoms with Crippen LogP contribution in [0.15, 0.2) is 75.6 Å². The SMILES string of the molecule is O=C(Nc1ccc(Cc2nc3cc(Cl)ccc3o2)cc1)c1ccc(Br)cc1. The van der Waals surface area contributed by atoms with Crippen molar-refractivity contribution in [2.24, 2.45) is 0 Å². The van der Waals surface area contributed by atoms with Crippen molar-refractivity contribution in [1.29, 1.82) is 0 Å². The average Bonchev–Trinajstić information content (AvgIpc) is 3.05. The van der Waals surface area contributed by atoms with Gasteiger partial charge in [0.2, 0.25) is 0 Å². The molecule has 1 heterocycles. The molecule has 6 heteroatoms. The number of fused-ring (bicyclic) bond motifs is 1. The van der Waals surface area contributed by atoms with Gasteiger partial charge in [-0.2, -0.15) is 0 Å². The van der Waals surface area contributed by atoms with E-state index in [9.17, 15) is 4.79 Å². The van der Waals surface area contributed by atoms with Crippen molar-refractivity contribution in [2.45, 2.75) is 6.42 Å². The first kappa shape index (κ1) is 17.8. The quantitative estimate of drug-likeness (QED) is 0.417. The van der Waals surface area contributed by atoms with Gasteiger partial charge in [-0.15, -0.1) is 0 Å². The smallest absolute Gasteiger partial charge is 0.255 e. The minimum Gasteiger partial charge on any atom is -0.440 e. The molecule has 0 atom stereocenters. The summed E-state index contributed by atoms with van der Waals surface area (Å²) in [7, 11) is 0. The number of benzene rings is 3. The van der Waals surface area contributed by atoms with E-state index in [1.807, 2.05) is 42.5 Å². The monoisotopic (exact) mass is 440 g/mol. The number of oxazole rings is 1. The van der Waals surface area contributed by atoms with Crippen LogP contribution in [0.4, 0.5) is 5.69 Å². The summed E-state index contributed by atoms with van der Waals surface area (Å²) in [5, 5.41) is 3.52. The van der Waals surface area contributed by atoms with Crippen molar-refractivity contribution in [3.8, 4) is 0 Å². The van der Waals surface area contributed by atoms with Gasteiger partial charge in [-0.3, -0.25) is 4.79 Å². The molecule has 0 aliphatic carbocycles. The molecule has 1 aromatic heterocycles. The molecule has 0 saturated heterocycles. The molecular formula is C21H14BrClN2O2. The van der Waals surface area contributed by atoms with Crippen molar-refractivity contribution < 1.29 is 9.21 Å². The Labute approximate surface area is 169 Å². The summed E-state index contributed by atoms with van der Waals surface area (Å²) >= 11 is 9.34. The molecule has 1 amide bonds. The predicted octanol–water partition coefficient (Wildman–Crippen LogP) is 6.09. The highest BCUT2D eigenvalue weighted by molar-refractivity contribution is 9.10. The number of halogens is 2. The van der Waals surface area contributed by atoms with Crippen LogP contribution in [0.2, 0.25) is 5.02 Å². The number of carbonyl (C=O) groups excluding carboxylic acids is 1. The summed E-state index contributed by atoms with van der Waals surface area (Å²) in [6, 6.07) is 20.2. The zero-order chi connectivity index (χ0) is 18.8. The van der Waals surface area contributed by atoms with Crippen LogP contribution in [-0.2, 0) is 6.42 Å². The first-order valence-corrected chi connectivity index (χ1v) is 9.45. The number of rotatable bonds is 4. The Morgan fingerprint density at radius 2 is 1.78 bits per heavy atom. The minimum atomic E-state index is -0.147. The van der Waals surface area contributed by atoms with Crippen molar-refractivity contribution in [3.63, 3.8) is 0 Å². The topological polar surface area (TPSA) is 55.1 Å². The molecule has 27 heavy (non-hydrogen) atoms. The molecule has 1 N–H and O–H groups in total. The average molecular weight is 442 g/mol. The Morgan fingerprint density at radius 3 is 2.52 bits per heavy atom. The van der Waals surface area contributed by atoms with Gasteiger partial charge in [0, 0.05) is 27.2 Å². The fourth-order valence-electron chi connectivity index (χ4n) is 2.71. The molecule has 0 radical (unpaired) electrons. The van der Waals surface area contributed by atoms with Crippen LogP contribution in [0.5, 0.6) is 0 Å². The summed E-state index contributed by atoms with van der Waals surface area (Å²) in [5.41, 5.74) is 3.83. The van der Waals surface area contributed by atoms with Gasteiger partial charge in [-0.1, -0.05) is 39.7 Å². The van der Waals surface area contributed by atoms with E-state index in [0.717, 1.165) is 21.2 Å². The largest absolute Gasteiger partial charge is 0.440 e. The molecule has 134 valence electrons. The maximum absolute atomic E-state index is 12.3. The summed E-state index contributed by atoms with van der Waals surface area (Å²) in [6.45, 7) is 0. The van der Waals surface area contributed by atoms with Crippen molar-refractivity contribution >= 4 is 50.2 Å². The molecule has 0 aliphatic heterocycles. The predicted molar refractivity (Wildman–Crippen MR) is 110 cm³/mol. The molecule has 4 rings (SSSR count). The highest BCUT2D eigenvalue weighted by Crippen LogP contribution is 2.22. The Balaban J connectivity index is 1.45. The van der Waals surface area contributed by atoms with E-state index < -0.39 is 0 Å². The zero-order valence-corrected chi connectivity index (χ0v) is 16.4. The van der Waals surface area contributed by atoms with Crippen LogP contribution in [0.1, 0.15) is 21.8 Å². The van der Waals surface area contributed by atoms with Gasteiger partial charge in [0.05, 0.1) is 0 Å². The van der Waals surface area contributed by atoms with E-state index >= 15 is 0 Å². The van der Waals surface area contributed by atoms with Crippen LogP contribution in [0, 0.1) is 0 Å². The highest BCUT2D eigenvalue weighted by Gasteiger charge is 2.09. The number of carbonyl (C=O) groups is 1. The maximum atomic E-state index is 12.3. The second kappa shape index (κ2) is 7.55. The van der Waals surface area contributed by atoms with E-state index in [-0.39, 0.29) is 5.91 Å². The lowest BCUT2D eigenvalue weighted by Crippen LogP contribution is -2.11. The fraction of sp³-hybridized carbons (Fsp3) is 0.0476. The van der Waals surface area contributed by atoms with Gasteiger partial charge < -0.3 is 9.73 Å². The summed E-state index contributed by atoms with van der Waals surface area (Å²) in [5.74, 6) is 0.477. The Morgan fingerprint density at radius 1 is 1.04 bits per heavy atom. The van der Waals surface area contributed by atoms with Gasteiger partial charge in [0.15, 0.2) is 11.5 Å². The second-order valence-corrected chi connectivity index (χ2v) is 7.41. The molecule has 0 spiro atoms. The number of hydrogen-bond acceptors (Lipinski definition) is 3. The number of hydrogen-bond donors (Lipinski definition) is 1. The molecular weight excluding hydrogens is 428 g/mol. The van der Waals surface area contributed by atoms with Gasteiger partial charge in [-0.05, 0) is 60.2 Å². The lowest BCUT2D eigenvalue weighted by Gasteiger charge is -2.06. The summed E-state index contributed by atoms with van der Waals surface area (Å²) < 4.78 is 6.68. The zero-order valence-electron chi connectivity index (χ0n) is 14.1. The van der Waals surface area contributed by atoms with E-state index in [0.29, 0.717) is 28.5 Å². The highest BCUT2D eigenvalue weighted by atomic mass is 79.9. The number of nitrogens with one attached hydrogen (secondary N) is 1. The third-order valence-electron chi connectivity index (χ3n) is 4.07. The third-order valence-corrected chi connectivity index (χ3v) is 4.83. The standard InChI is InChI=1S/C21H14BrClN2O2/c22-15-5-3-14(4-6-15)21(26)24-17-8-1-13(2-9-17)11-20-25-18-12-16(23)7-10-19(18)27-20/h1-10,12H,11H2,(H,24,26). The third kappa shape index (κ3) is 4.21. The van der Waals surface area contributed by atoms with E-state index in [1.54, 1.807) is 24.3 Å². The molecule has 4 nitrogen and oxygen atoms in total. The van der Waals surface area contributed by atoms with Gasteiger partial charge in [0.25, 0.3) is 5.91 Å². The van der Waals surface area contributed by atoms with Crippen molar-refractivity contribution in [3.05, 3.63) is 93.2 Å². The second-order valence-electron chi connectivity index (χ2n) is 6.05. The van der Waals surface area contributed by atoms with Crippen molar-refractivity contribution in [1.82, 2.24) is 4.98 Å². The van der Waals surface area contributed by atoms with Crippen LogP contribution >= 0.6 is 27.5 Å². The lowest BCUT2D eigenvalue weighted by molar-refractivity contribution is 0.102. The summed E-state index contributed by atoms with van der Waals surface area (Å²) in [6.07, 6.45) is 0.563. The van der Waals surface area contributed by atoms with Crippen LogP contribution in [0.3, 0.4) is 0 Å². The lowest BCUT2D eigenvalue weighted by atomic mass is 10.1. The molecule has 4 aromatic rings. The first-order chi connectivity index (χ1) is 13.1. The number of nitrogens with zero attached hydrogens (tertiary/aromatic N) is 1. The van der Waals surface area contributed by atoms with Gasteiger partial charge in [-0.25, -0.2) is 4.98 Å². The van der Waals surface area contributed by atoms with E-state index in [4.69, 9.17) is 16.0 Å². The van der Waals surface area contributed by atoms with E-state index in [2.05, 4.69) is 26.2 Å². The molecule has 0 saturated carbocycles. The molecule has 0 aliphatic rings. The number of aromatic nitrogens is 1. The molecule has 0 fully saturated rings. The van der Waals surface area contributed by atoms with Gasteiger partial charge >= 0.3 is 0 Å². The number of anilines is 1. The van der Waals surface area contributed by atoms with Gasteiger partial charge in [0.1, 0.15) is 5.52 Å². The Kier molecular flexibility index (Phi) is 4.97. The molecule has 0 unspecified atom stereocenters. The van der Waals surface area contributed by atoms with Crippen LogP contribution < -0.4 is 5.32 Å². The Bertz CT molecular complexity index is 1110. The van der Waals surface area contributed by atoms with E-state index in [1.165, 1.54) is 0 Å². The summed E-state index contributed by atoms with van der Waals surface area (Å²) in [4.78, 5) is 16.7. The fourth-order valence-corrected chi connectivity index (χ4v) is 3.14. The van der Waals surface area contributed by atoms with Crippen LogP contribution in [0.25, 0.3) is 11.1 Å². The minimum absolute atomic E-state index is 0.147. The number of amides is 1. The Hall–Kier alpha value is -2.63. The van der Waals surface area contributed by atoms with Crippen molar-refractivity contribution in [2.75, 3.05) is 5.32 Å². The first-order valence-electron chi connectivity index (χ1n) is 8.28. The molecule has 0 bridgehead atoms. The maximum Gasteiger partial charge on any atom is 0.255 e. The van der Waals surface area contributed by atoms with Crippen LogP contribution in [-0.4, -0.2) is 10.9 Å².